The van der Waals surface area contributed by atoms with E-state index in [2.05, 4.69) is 5.32 Å². The summed E-state index contributed by atoms with van der Waals surface area (Å²) in [4.78, 5) is 39.3. The van der Waals surface area contributed by atoms with E-state index >= 15 is 0 Å². The van der Waals surface area contributed by atoms with Gasteiger partial charge in [0.25, 0.3) is 11.8 Å². The van der Waals surface area contributed by atoms with Crippen LogP contribution in [-0.4, -0.2) is 56.1 Å². The van der Waals surface area contributed by atoms with E-state index in [4.69, 9.17) is 14.2 Å². The molecule has 0 aliphatic carbocycles. The standard InChI is InChI=1S/C20H22N2O6S/c1-26-14-9-13(10-15(11-14)27-2)21-18(23)12-28-20(25)16-5-3-7-22(16)19(24)17-6-4-8-29-17/h4,6,8-11,16H,3,5,7,12H2,1-2H3,(H,21,23). The molecule has 1 atom stereocenters. The molecule has 1 fully saturated rings. The zero-order valence-electron chi connectivity index (χ0n) is 16.2. The number of hydrogen-bond donors (Lipinski definition) is 1. The molecule has 1 aromatic heterocycles. The first-order valence-electron chi connectivity index (χ1n) is 9.06. The Morgan fingerprint density at radius 1 is 1.17 bits per heavy atom. The molecule has 1 aliphatic rings. The molecule has 0 radical (unpaired) electrons. The zero-order chi connectivity index (χ0) is 20.8. The van der Waals surface area contributed by atoms with Gasteiger partial charge in [0.1, 0.15) is 17.5 Å². The fourth-order valence-electron chi connectivity index (χ4n) is 3.11. The molecule has 1 aliphatic heterocycles. The van der Waals surface area contributed by atoms with Crippen LogP contribution < -0.4 is 14.8 Å². The third-order valence-corrected chi connectivity index (χ3v) is 5.36. The molecule has 9 heteroatoms. The van der Waals surface area contributed by atoms with E-state index < -0.39 is 24.5 Å². The number of likely N-dealkylation sites (tertiary alicyclic amines) is 1. The molecule has 1 N–H and O–H groups in total. The van der Waals surface area contributed by atoms with Gasteiger partial charge >= 0.3 is 5.97 Å². The van der Waals surface area contributed by atoms with E-state index in [1.54, 1.807) is 30.3 Å². The summed E-state index contributed by atoms with van der Waals surface area (Å²) in [5.74, 6) is -0.225. The van der Waals surface area contributed by atoms with Gasteiger partial charge in [-0.1, -0.05) is 6.07 Å². The normalized spacial score (nSPS) is 15.7. The lowest BCUT2D eigenvalue weighted by atomic mass is 10.2. The van der Waals surface area contributed by atoms with Crippen molar-refractivity contribution in [3.63, 3.8) is 0 Å². The van der Waals surface area contributed by atoms with E-state index in [-0.39, 0.29) is 5.91 Å². The molecule has 2 heterocycles. The third kappa shape index (κ3) is 5.05. The number of rotatable bonds is 7. The smallest absolute Gasteiger partial charge is 0.329 e. The number of amides is 2. The third-order valence-electron chi connectivity index (χ3n) is 4.50. The number of esters is 1. The maximum absolute atomic E-state index is 12.5. The van der Waals surface area contributed by atoms with Gasteiger partial charge in [-0.3, -0.25) is 9.59 Å². The minimum absolute atomic E-state index is 0.188. The van der Waals surface area contributed by atoms with Crippen molar-refractivity contribution in [2.75, 3.05) is 32.7 Å². The van der Waals surface area contributed by atoms with Gasteiger partial charge in [0.2, 0.25) is 0 Å². The molecule has 2 aromatic rings. The Balaban J connectivity index is 1.56. The summed E-state index contributed by atoms with van der Waals surface area (Å²) in [5.41, 5.74) is 0.456. The summed E-state index contributed by atoms with van der Waals surface area (Å²) in [7, 11) is 3.01. The van der Waals surface area contributed by atoms with Crippen molar-refractivity contribution in [2.45, 2.75) is 18.9 Å². The molecule has 8 nitrogen and oxygen atoms in total. The lowest BCUT2D eigenvalue weighted by Gasteiger charge is -2.22. The first-order chi connectivity index (χ1) is 14.0. The fraction of sp³-hybridized carbons (Fsp3) is 0.350. The quantitative estimate of drug-likeness (QED) is 0.695. The van der Waals surface area contributed by atoms with Gasteiger partial charge in [-0.2, -0.15) is 0 Å². The average molecular weight is 418 g/mol. The van der Waals surface area contributed by atoms with Crippen LogP contribution in [0.25, 0.3) is 0 Å². The number of methoxy groups -OCH3 is 2. The number of nitrogens with one attached hydrogen (secondary N) is 1. The largest absolute Gasteiger partial charge is 0.497 e. The molecular weight excluding hydrogens is 396 g/mol. The number of carbonyl (C=O) groups is 3. The molecule has 29 heavy (non-hydrogen) atoms. The molecule has 0 saturated carbocycles. The van der Waals surface area contributed by atoms with Crippen molar-refractivity contribution in [1.29, 1.82) is 0 Å². The van der Waals surface area contributed by atoms with Crippen molar-refractivity contribution < 1.29 is 28.6 Å². The van der Waals surface area contributed by atoms with Crippen LogP contribution in [0.5, 0.6) is 11.5 Å². The van der Waals surface area contributed by atoms with Crippen LogP contribution in [-0.2, 0) is 14.3 Å². The van der Waals surface area contributed by atoms with Crippen LogP contribution in [0.2, 0.25) is 0 Å². The summed E-state index contributed by atoms with van der Waals surface area (Å²) in [5, 5.41) is 4.45. The zero-order valence-corrected chi connectivity index (χ0v) is 17.0. The van der Waals surface area contributed by atoms with Crippen LogP contribution >= 0.6 is 11.3 Å². The highest BCUT2D eigenvalue weighted by Crippen LogP contribution is 2.26. The molecule has 1 aromatic carbocycles. The van der Waals surface area contributed by atoms with E-state index in [9.17, 15) is 14.4 Å². The number of thiophene rings is 1. The summed E-state index contributed by atoms with van der Waals surface area (Å²) in [6.07, 6.45) is 1.23. The number of ether oxygens (including phenoxy) is 3. The molecule has 154 valence electrons. The molecule has 2 amide bonds. The Bertz CT molecular complexity index is 861. The predicted octanol–water partition coefficient (Wildman–Crippen LogP) is 2.55. The molecule has 0 bridgehead atoms. The number of nitrogens with zero attached hydrogens (tertiary/aromatic N) is 1. The van der Waals surface area contributed by atoms with Gasteiger partial charge in [0.05, 0.1) is 19.1 Å². The molecule has 0 spiro atoms. The maximum Gasteiger partial charge on any atom is 0.329 e. The molecule has 3 rings (SSSR count). The maximum atomic E-state index is 12.5. The minimum Gasteiger partial charge on any atom is -0.497 e. The van der Waals surface area contributed by atoms with Crippen molar-refractivity contribution in [1.82, 2.24) is 4.90 Å². The summed E-state index contributed by atoms with van der Waals surface area (Å²) >= 11 is 1.33. The summed E-state index contributed by atoms with van der Waals surface area (Å²) in [6, 6.07) is 7.77. The van der Waals surface area contributed by atoms with E-state index in [0.717, 1.165) is 0 Å². The van der Waals surface area contributed by atoms with E-state index in [1.807, 2.05) is 5.38 Å². The fourth-order valence-corrected chi connectivity index (χ4v) is 3.79. The average Bonchev–Trinajstić information content (AvgIpc) is 3.43. The van der Waals surface area contributed by atoms with Crippen LogP contribution in [0.3, 0.4) is 0 Å². The van der Waals surface area contributed by atoms with Gasteiger partial charge in [0.15, 0.2) is 6.61 Å². The first kappa shape index (κ1) is 20.7. The minimum atomic E-state index is -0.672. The van der Waals surface area contributed by atoms with E-state index in [0.29, 0.717) is 41.4 Å². The summed E-state index contributed by atoms with van der Waals surface area (Å²) in [6.45, 7) is 0.0438. The highest BCUT2D eigenvalue weighted by molar-refractivity contribution is 7.12. The van der Waals surface area contributed by atoms with Crippen molar-refractivity contribution in [3.05, 3.63) is 40.6 Å². The van der Waals surface area contributed by atoms with Crippen LogP contribution in [0, 0.1) is 0 Å². The predicted molar refractivity (Wildman–Crippen MR) is 108 cm³/mol. The van der Waals surface area contributed by atoms with Crippen LogP contribution in [0.4, 0.5) is 5.69 Å². The second kappa shape index (κ2) is 9.42. The molecule has 1 saturated heterocycles. The van der Waals surface area contributed by atoms with Gasteiger partial charge in [-0.15, -0.1) is 11.3 Å². The van der Waals surface area contributed by atoms with E-state index in [1.165, 1.54) is 30.5 Å². The monoisotopic (exact) mass is 418 g/mol. The SMILES string of the molecule is COc1cc(NC(=O)COC(=O)C2CCCN2C(=O)c2cccs2)cc(OC)c1. The Labute approximate surface area is 172 Å². The Kier molecular flexibility index (Phi) is 6.71. The summed E-state index contributed by atoms with van der Waals surface area (Å²) < 4.78 is 15.5. The van der Waals surface area contributed by atoms with Crippen LogP contribution in [0.15, 0.2) is 35.7 Å². The van der Waals surface area contributed by atoms with Crippen molar-refractivity contribution in [3.8, 4) is 11.5 Å². The Hall–Kier alpha value is -3.07. The Morgan fingerprint density at radius 3 is 2.52 bits per heavy atom. The Morgan fingerprint density at radius 2 is 1.90 bits per heavy atom. The highest BCUT2D eigenvalue weighted by atomic mass is 32.1. The topological polar surface area (TPSA) is 94.2 Å². The number of anilines is 1. The first-order valence-corrected chi connectivity index (χ1v) is 9.94. The molecular formula is C20H22N2O6S. The van der Waals surface area contributed by atoms with Crippen LogP contribution in [0.1, 0.15) is 22.5 Å². The molecule has 1 unspecified atom stereocenters. The number of hydrogen-bond acceptors (Lipinski definition) is 7. The van der Waals surface area contributed by atoms with Crippen molar-refractivity contribution in [2.24, 2.45) is 0 Å². The lowest BCUT2D eigenvalue weighted by molar-refractivity contribution is -0.151. The lowest BCUT2D eigenvalue weighted by Crippen LogP contribution is -2.41. The highest BCUT2D eigenvalue weighted by Gasteiger charge is 2.36. The number of carbonyl (C=O) groups excluding carboxylic acids is 3. The second-order valence-corrected chi connectivity index (χ2v) is 7.34. The van der Waals surface area contributed by atoms with Gasteiger partial charge < -0.3 is 24.4 Å². The van der Waals surface area contributed by atoms with Crippen molar-refractivity contribution >= 4 is 34.8 Å². The number of benzene rings is 1. The van der Waals surface area contributed by atoms with Gasteiger partial charge in [-0.05, 0) is 24.3 Å². The van der Waals surface area contributed by atoms with Gasteiger partial charge in [0, 0.05) is 30.4 Å². The second-order valence-electron chi connectivity index (χ2n) is 6.39. The van der Waals surface area contributed by atoms with Gasteiger partial charge in [-0.25, -0.2) is 4.79 Å².